The van der Waals surface area contributed by atoms with Crippen molar-refractivity contribution in [3.05, 3.63) is 0 Å². The number of ether oxygens (including phenoxy) is 2. The number of hydrogen-bond acceptors (Lipinski definition) is 5. The number of aliphatic carboxylic acids is 1. The third kappa shape index (κ3) is 8.31. The first-order valence-electron chi connectivity index (χ1n) is 6.30. The molecule has 0 bridgehead atoms. The van der Waals surface area contributed by atoms with Crippen LogP contribution in [0.5, 0.6) is 0 Å². The summed E-state index contributed by atoms with van der Waals surface area (Å²) in [6.45, 7) is 3.25. The molecule has 0 aliphatic rings. The molecule has 0 fully saturated rings. The molecular weight excluding hydrogens is 252 g/mol. The average molecular weight is 274 g/mol. The Bertz CT molecular complexity index is 312. The molecule has 0 aliphatic carbocycles. The second kappa shape index (κ2) is 9.49. The van der Waals surface area contributed by atoms with E-state index in [2.05, 4.69) is 0 Å². The van der Waals surface area contributed by atoms with Gasteiger partial charge in [-0.15, -0.1) is 0 Å². The molecule has 0 aromatic carbocycles. The van der Waals surface area contributed by atoms with Crippen LogP contribution in [0.15, 0.2) is 0 Å². The highest BCUT2D eigenvalue weighted by atomic mass is 16.6. The van der Waals surface area contributed by atoms with Gasteiger partial charge in [-0.25, -0.2) is 4.79 Å². The predicted octanol–water partition coefficient (Wildman–Crippen LogP) is 1.41. The molecule has 0 rings (SSSR count). The number of carbonyl (C=O) groups excluding carboxylic acids is 2. The Morgan fingerprint density at radius 3 is 2.32 bits per heavy atom. The van der Waals surface area contributed by atoms with Gasteiger partial charge in [0.1, 0.15) is 5.78 Å². The second-order valence-electron chi connectivity index (χ2n) is 4.43. The molecule has 19 heavy (non-hydrogen) atoms. The van der Waals surface area contributed by atoms with Crippen LogP contribution < -0.4 is 0 Å². The molecule has 110 valence electrons. The SMILES string of the molecule is COC(C)C(=O)OCCCC(CCC(=O)O)C(C)=O. The monoisotopic (exact) mass is 274 g/mol. The second-order valence-corrected chi connectivity index (χ2v) is 4.43. The van der Waals surface area contributed by atoms with Crippen molar-refractivity contribution in [2.75, 3.05) is 13.7 Å². The van der Waals surface area contributed by atoms with Gasteiger partial charge in [0.25, 0.3) is 0 Å². The number of ketones is 1. The Morgan fingerprint density at radius 2 is 1.84 bits per heavy atom. The maximum atomic E-state index is 11.3. The zero-order chi connectivity index (χ0) is 14.8. The zero-order valence-corrected chi connectivity index (χ0v) is 11.7. The first-order valence-corrected chi connectivity index (χ1v) is 6.30. The van der Waals surface area contributed by atoms with E-state index < -0.39 is 18.0 Å². The lowest BCUT2D eigenvalue weighted by atomic mass is 9.94. The van der Waals surface area contributed by atoms with Crippen LogP contribution in [0.1, 0.15) is 39.5 Å². The zero-order valence-electron chi connectivity index (χ0n) is 11.7. The average Bonchev–Trinajstić information content (AvgIpc) is 2.35. The maximum Gasteiger partial charge on any atom is 0.334 e. The molecule has 2 atom stereocenters. The van der Waals surface area contributed by atoms with Crippen molar-refractivity contribution in [1.29, 1.82) is 0 Å². The summed E-state index contributed by atoms with van der Waals surface area (Å²) < 4.78 is 9.76. The van der Waals surface area contributed by atoms with E-state index in [4.69, 9.17) is 14.6 Å². The quantitative estimate of drug-likeness (QED) is 0.478. The van der Waals surface area contributed by atoms with E-state index >= 15 is 0 Å². The molecule has 0 spiro atoms. The summed E-state index contributed by atoms with van der Waals surface area (Å²) in [6, 6.07) is 0. The molecule has 0 heterocycles. The highest BCUT2D eigenvalue weighted by Crippen LogP contribution is 2.15. The minimum atomic E-state index is -0.911. The summed E-state index contributed by atoms with van der Waals surface area (Å²) in [6.07, 6.45) is 0.761. The fourth-order valence-electron chi connectivity index (χ4n) is 1.56. The van der Waals surface area contributed by atoms with Crippen molar-refractivity contribution >= 4 is 17.7 Å². The van der Waals surface area contributed by atoms with Crippen LogP contribution >= 0.6 is 0 Å². The van der Waals surface area contributed by atoms with Gasteiger partial charge in [0.2, 0.25) is 0 Å². The molecule has 0 radical (unpaired) electrons. The van der Waals surface area contributed by atoms with Crippen LogP contribution in [0.2, 0.25) is 0 Å². The van der Waals surface area contributed by atoms with Gasteiger partial charge >= 0.3 is 11.9 Å². The third-order valence-corrected chi connectivity index (χ3v) is 2.91. The number of methoxy groups -OCH3 is 1. The normalized spacial score (nSPS) is 13.6. The molecule has 1 N–H and O–H groups in total. The van der Waals surface area contributed by atoms with E-state index in [1.807, 2.05) is 0 Å². The summed E-state index contributed by atoms with van der Waals surface area (Å²) >= 11 is 0. The Morgan fingerprint density at radius 1 is 1.21 bits per heavy atom. The van der Waals surface area contributed by atoms with E-state index in [0.717, 1.165) is 0 Å². The van der Waals surface area contributed by atoms with E-state index in [9.17, 15) is 14.4 Å². The minimum Gasteiger partial charge on any atom is -0.481 e. The van der Waals surface area contributed by atoms with Gasteiger partial charge in [0.15, 0.2) is 6.10 Å². The van der Waals surface area contributed by atoms with Crippen molar-refractivity contribution in [2.45, 2.75) is 45.6 Å². The molecule has 0 saturated carbocycles. The van der Waals surface area contributed by atoms with Gasteiger partial charge in [-0.1, -0.05) is 0 Å². The fourth-order valence-corrected chi connectivity index (χ4v) is 1.56. The van der Waals surface area contributed by atoms with Gasteiger partial charge in [-0.05, 0) is 33.1 Å². The Hall–Kier alpha value is -1.43. The van der Waals surface area contributed by atoms with Crippen LogP contribution in [-0.4, -0.2) is 42.6 Å². The molecule has 2 unspecified atom stereocenters. The minimum absolute atomic E-state index is 0.0231. The standard InChI is InChI=1S/C13H22O6/c1-9(14)11(6-7-12(15)16)5-4-8-19-13(17)10(2)18-3/h10-11H,4-8H2,1-3H3,(H,15,16). The number of hydrogen-bond donors (Lipinski definition) is 1. The number of carbonyl (C=O) groups is 3. The van der Waals surface area contributed by atoms with Crippen LogP contribution in [0.4, 0.5) is 0 Å². The fraction of sp³-hybridized carbons (Fsp3) is 0.769. The molecule has 6 nitrogen and oxygen atoms in total. The summed E-state index contributed by atoms with van der Waals surface area (Å²) in [4.78, 5) is 33.1. The van der Waals surface area contributed by atoms with Crippen molar-refractivity contribution < 1.29 is 29.0 Å². The van der Waals surface area contributed by atoms with Gasteiger partial charge in [0, 0.05) is 19.4 Å². The van der Waals surface area contributed by atoms with Crippen molar-refractivity contribution in [3.63, 3.8) is 0 Å². The van der Waals surface area contributed by atoms with Crippen LogP contribution in [0, 0.1) is 5.92 Å². The molecule has 0 saturated heterocycles. The van der Waals surface area contributed by atoms with Gasteiger partial charge in [-0.3, -0.25) is 9.59 Å². The Labute approximate surface area is 113 Å². The molecule has 0 aromatic rings. The summed E-state index contributed by atoms with van der Waals surface area (Å²) in [5.74, 6) is -1.66. The number of carboxylic acids is 1. The van der Waals surface area contributed by atoms with Crippen LogP contribution in [0.3, 0.4) is 0 Å². The van der Waals surface area contributed by atoms with Gasteiger partial charge in [-0.2, -0.15) is 0 Å². The number of esters is 1. The molecular formula is C13H22O6. The predicted molar refractivity (Wildman–Crippen MR) is 67.7 cm³/mol. The number of Topliss-reactive ketones (excluding diaryl/α,β-unsaturated/α-hetero) is 1. The van der Waals surface area contributed by atoms with E-state index in [1.165, 1.54) is 14.0 Å². The Kier molecular flexibility index (Phi) is 8.78. The summed E-state index contributed by atoms with van der Waals surface area (Å²) in [5, 5.41) is 8.58. The van der Waals surface area contributed by atoms with Crippen LogP contribution in [0.25, 0.3) is 0 Å². The first kappa shape index (κ1) is 17.6. The topological polar surface area (TPSA) is 89.9 Å². The van der Waals surface area contributed by atoms with Crippen LogP contribution in [-0.2, 0) is 23.9 Å². The van der Waals surface area contributed by atoms with Crippen molar-refractivity contribution in [1.82, 2.24) is 0 Å². The van der Waals surface area contributed by atoms with Crippen molar-refractivity contribution in [2.24, 2.45) is 5.92 Å². The summed E-state index contributed by atoms with van der Waals surface area (Å²) in [7, 11) is 1.42. The first-order chi connectivity index (χ1) is 8.88. The van der Waals surface area contributed by atoms with Crippen molar-refractivity contribution in [3.8, 4) is 0 Å². The van der Waals surface area contributed by atoms with Gasteiger partial charge < -0.3 is 14.6 Å². The number of rotatable bonds is 10. The molecule has 6 heteroatoms. The lowest BCUT2D eigenvalue weighted by Gasteiger charge is -2.13. The summed E-state index contributed by atoms with van der Waals surface area (Å²) in [5.41, 5.74) is 0. The van der Waals surface area contributed by atoms with E-state index in [-0.39, 0.29) is 24.7 Å². The number of carboxylic acid groups (broad SMARTS) is 1. The third-order valence-electron chi connectivity index (χ3n) is 2.91. The van der Waals surface area contributed by atoms with E-state index in [1.54, 1.807) is 6.92 Å². The molecule has 0 aromatic heterocycles. The highest BCUT2D eigenvalue weighted by Gasteiger charge is 2.17. The smallest absolute Gasteiger partial charge is 0.334 e. The van der Waals surface area contributed by atoms with E-state index in [0.29, 0.717) is 19.3 Å². The van der Waals surface area contributed by atoms with Gasteiger partial charge in [0.05, 0.1) is 6.61 Å². The largest absolute Gasteiger partial charge is 0.481 e. The maximum absolute atomic E-state index is 11.3. The molecule has 0 aliphatic heterocycles. The lowest BCUT2D eigenvalue weighted by Crippen LogP contribution is -2.22. The highest BCUT2D eigenvalue weighted by molar-refractivity contribution is 5.79. The Balaban J connectivity index is 3.90. The lowest BCUT2D eigenvalue weighted by molar-refractivity contribution is -0.154. The molecule has 0 amide bonds.